The van der Waals surface area contributed by atoms with E-state index >= 15 is 0 Å². The van der Waals surface area contributed by atoms with E-state index in [2.05, 4.69) is 28.1 Å². The van der Waals surface area contributed by atoms with Crippen LogP contribution in [0.3, 0.4) is 0 Å². The molecule has 2 N–H and O–H groups in total. The van der Waals surface area contributed by atoms with Gasteiger partial charge in [0, 0.05) is 37.3 Å². The maximum atomic E-state index is 5.91. The van der Waals surface area contributed by atoms with Crippen molar-refractivity contribution in [1.29, 1.82) is 0 Å². The SMILES string of the molecule is Cl.N[C@H]1CCN(Cc2cnc3ccccc3c2)C1. The minimum Gasteiger partial charge on any atom is -0.326 e. The van der Waals surface area contributed by atoms with Crippen molar-refractivity contribution in [2.45, 2.75) is 19.0 Å². The molecule has 0 aliphatic carbocycles. The highest BCUT2D eigenvalue weighted by Crippen LogP contribution is 2.16. The van der Waals surface area contributed by atoms with E-state index in [1.807, 2.05) is 18.3 Å². The van der Waals surface area contributed by atoms with Crippen molar-refractivity contribution in [3.8, 4) is 0 Å². The maximum Gasteiger partial charge on any atom is 0.0702 e. The summed E-state index contributed by atoms with van der Waals surface area (Å²) in [6.07, 6.45) is 3.09. The van der Waals surface area contributed by atoms with Crippen LogP contribution in [-0.4, -0.2) is 29.0 Å². The van der Waals surface area contributed by atoms with E-state index in [1.165, 1.54) is 10.9 Å². The van der Waals surface area contributed by atoms with E-state index in [4.69, 9.17) is 5.73 Å². The molecule has 0 saturated carbocycles. The second-order valence-electron chi connectivity index (χ2n) is 4.82. The number of aromatic nitrogens is 1. The van der Waals surface area contributed by atoms with Gasteiger partial charge in [-0.3, -0.25) is 9.88 Å². The summed E-state index contributed by atoms with van der Waals surface area (Å²) in [6.45, 7) is 3.08. The molecule has 0 amide bonds. The maximum absolute atomic E-state index is 5.91. The Balaban J connectivity index is 0.00000120. The summed E-state index contributed by atoms with van der Waals surface area (Å²) in [5.74, 6) is 0. The Bertz CT molecular complexity index is 529. The molecule has 3 nitrogen and oxygen atoms in total. The van der Waals surface area contributed by atoms with Crippen LogP contribution in [0, 0.1) is 0 Å². The van der Waals surface area contributed by atoms with Gasteiger partial charge < -0.3 is 5.73 Å². The third-order valence-electron chi connectivity index (χ3n) is 3.36. The third kappa shape index (κ3) is 2.80. The van der Waals surface area contributed by atoms with Gasteiger partial charge in [-0.05, 0) is 24.1 Å². The van der Waals surface area contributed by atoms with Gasteiger partial charge in [-0.2, -0.15) is 0 Å². The van der Waals surface area contributed by atoms with Crippen LogP contribution in [0.5, 0.6) is 0 Å². The highest BCUT2D eigenvalue weighted by atomic mass is 35.5. The van der Waals surface area contributed by atoms with Gasteiger partial charge in [0.05, 0.1) is 5.52 Å². The van der Waals surface area contributed by atoms with E-state index < -0.39 is 0 Å². The van der Waals surface area contributed by atoms with Gasteiger partial charge in [0.25, 0.3) is 0 Å². The number of hydrogen-bond acceptors (Lipinski definition) is 3. The monoisotopic (exact) mass is 263 g/mol. The number of nitrogens with two attached hydrogens (primary N) is 1. The lowest BCUT2D eigenvalue weighted by Crippen LogP contribution is -2.26. The van der Waals surface area contributed by atoms with Crippen molar-refractivity contribution in [1.82, 2.24) is 9.88 Å². The Morgan fingerprint density at radius 2 is 2.17 bits per heavy atom. The zero-order valence-corrected chi connectivity index (χ0v) is 11.1. The topological polar surface area (TPSA) is 42.1 Å². The van der Waals surface area contributed by atoms with E-state index in [0.717, 1.165) is 31.6 Å². The summed E-state index contributed by atoms with van der Waals surface area (Å²) < 4.78 is 0. The van der Waals surface area contributed by atoms with Crippen LogP contribution in [0.1, 0.15) is 12.0 Å². The van der Waals surface area contributed by atoms with Crippen molar-refractivity contribution in [3.63, 3.8) is 0 Å². The van der Waals surface area contributed by atoms with Crippen LogP contribution < -0.4 is 5.73 Å². The predicted molar refractivity (Wildman–Crippen MR) is 76.9 cm³/mol. The largest absolute Gasteiger partial charge is 0.326 e. The van der Waals surface area contributed by atoms with Gasteiger partial charge in [0.1, 0.15) is 0 Å². The second kappa shape index (κ2) is 5.65. The molecule has 1 fully saturated rings. The van der Waals surface area contributed by atoms with Gasteiger partial charge in [-0.15, -0.1) is 12.4 Å². The molecule has 4 heteroatoms. The summed E-state index contributed by atoms with van der Waals surface area (Å²) in [6, 6.07) is 10.8. The lowest BCUT2D eigenvalue weighted by atomic mass is 10.1. The molecule has 2 aromatic rings. The molecule has 1 aromatic carbocycles. The fraction of sp³-hybridized carbons (Fsp3) is 0.357. The predicted octanol–water partition coefficient (Wildman–Crippen LogP) is 2.19. The van der Waals surface area contributed by atoms with Gasteiger partial charge in [0.2, 0.25) is 0 Å². The first-order valence-electron chi connectivity index (χ1n) is 6.13. The van der Waals surface area contributed by atoms with Crippen molar-refractivity contribution in [3.05, 3.63) is 42.1 Å². The molecule has 1 atom stereocenters. The molecule has 1 aromatic heterocycles. The first-order valence-corrected chi connectivity index (χ1v) is 6.13. The fourth-order valence-corrected chi connectivity index (χ4v) is 2.47. The zero-order valence-electron chi connectivity index (χ0n) is 10.2. The van der Waals surface area contributed by atoms with E-state index in [1.54, 1.807) is 0 Å². The number of nitrogens with zero attached hydrogens (tertiary/aromatic N) is 2. The summed E-state index contributed by atoms with van der Waals surface area (Å²) in [4.78, 5) is 6.88. The number of hydrogen-bond donors (Lipinski definition) is 1. The van der Waals surface area contributed by atoms with Crippen molar-refractivity contribution < 1.29 is 0 Å². The van der Waals surface area contributed by atoms with E-state index in [-0.39, 0.29) is 12.4 Å². The molecule has 3 rings (SSSR count). The second-order valence-corrected chi connectivity index (χ2v) is 4.82. The zero-order chi connectivity index (χ0) is 11.7. The Hall–Kier alpha value is -1.16. The minimum atomic E-state index is 0. The standard InChI is InChI=1S/C14H17N3.ClH/c15-13-5-6-17(10-13)9-11-7-12-3-1-2-4-14(12)16-8-11;/h1-4,7-8,13H,5-6,9-10,15H2;1H/t13-;/m0./s1. The molecule has 1 aliphatic heterocycles. The molecule has 18 heavy (non-hydrogen) atoms. The smallest absolute Gasteiger partial charge is 0.0702 e. The normalized spacial score (nSPS) is 19.9. The summed E-state index contributed by atoms with van der Waals surface area (Å²) in [7, 11) is 0. The van der Waals surface area contributed by atoms with Crippen LogP contribution in [0.15, 0.2) is 36.5 Å². The Labute approximate surface area is 113 Å². The molecule has 0 unspecified atom stereocenters. The van der Waals surface area contributed by atoms with E-state index in [0.29, 0.717) is 6.04 Å². The summed E-state index contributed by atoms with van der Waals surface area (Å²) in [5.41, 5.74) is 8.25. The Morgan fingerprint density at radius 3 is 2.94 bits per heavy atom. The molecule has 1 aliphatic rings. The molecular formula is C14H18ClN3. The number of benzene rings is 1. The van der Waals surface area contributed by atoms with Crippen molar-refractivity contribution in [2.75, 3.05) is 13.1 Å². The lowest BCUT2D eigenvalue weighted by molar-refractivity contribution is 0.326. The van der Waals surface area contributed by atoms with E-state index in [9.17, 15) is 0 Å². The van der Waals surface area contributed by atoms with Gasteiger partial charge in [-0.25, -0.2) is 0 Å². The molecule has 0 bridgehead atoms. The van der Waals surface area contributed by atoms with Crippen LogP contribution in [0.4, 0.5) is 0 Å². The highest BCUT2D eigenvalue weighted by molar-refractivity contribution is 5.85. The highest BCUT2D eigenvalue weighted by Gasteiger charge is 2.18. The number of halogens is 1. The van der Waals surface area contributed by atoms with Crippen LogP contribution in [-0.2, 0) is 6.54 Å². The Morgan fingerprint density at radius 1 is 1.33 bits per heavy atom. The number of pyridine rings is 1. The molecule has 96 valence electrons. The summed E-state index contributed by atoms with van der Waals surface area (Å²) in [5, 5.41) is 1.22. The number of likely N-dealkylation sites (tertiary alicyclic amines) is 1. The quantitative estimate of drug-likeness (QED) is 0.903. The van der Waals surface area contributed by atoms with Gasteiger partial charge in [-0.1, -0.05) is 18.2 Å². The summed E-state index contributed by atoms with van der Waals surface area (Å²) >= 11 is 0. The first kappa shape index (κ1) is 13.3. The fourth-order valence-electron chi connectivity index (χ4n) is 2.47. The van der Waals surface area contributed by atoms with Crippen LogP contribution >= 0.6 is 12.4 Å². The van der Waals surface area contributed by atoms with Gasteiger partial charge in [0.15, 0.2) is 0 Å². The number of rotatable bonds is 2. The first-order chi connectivity index (χ1) is 8.31. The average Bonchev–Trinajstić information content (AvgIpc) is 2.75. The minimum absolute atomic E-state index is 0. The van der Waals surface area contributed by atoms with Crippen LogP contribution in [0.25, 0.3) is 10.9 Å². The lowest BCUT2D eigenvalue weighted by Gasteiger charge is -2.15. The number of fused-ring (bicyclic) bond motifs is 1. The third-order valence-corrected chi connectivity index (χ3v) is 3.36. The molecule has 2 heterocycles. The van der Waals surface area contributed by atoms with Gasteiger partial charge >= 0.3 is 0 Å². The molecular weight excluding hydrogens is 246 g/mol. The average molecular weight is 264 g/mol. The molecule has 1 saturated heterocycles. The Kier molecular flexibility index (Phi) is 4.17. The molecule has 0 spiro atoms. The van der Waals surface area contributed by atoms with Crippen molar-refractivity contribution in [2.24, 2.45) is 5.73 Å². The van der Waals surface area contributed by atoms with Crippen LogP contribution in [0.2, 0.25) is 0 Å². The van der Waals surface area contributed by atoms with Crippen molar-refractivity contribution >= 4 is 23.3 Å². The number of para-hydroxylation sites is 1. The molecule has 0 radical (unpaired) electrons.